The molecule has 1 amide bonds. The maximum absolute atomic E-state index is 14.0. The first-order valence-electron chi connectivity index (χ1n) is 17.9. The van der Waals surface area contributed by atoms with E-state index in [1.54, 1.807) is 30.2 Å². The summed E-state index contributed by atoms with van der Waals surface area (Å²) < 4.78 is 29.9. The van der Waals surface area contributed by atoms with Crippen molar-refractivity contribution in [2.24, 2.45) is 5.92 Å². The number of amides is 1. The van der Waals surface area contributed by atoms with Gasteiger partial charge in [-0.15, -0.1) is 0 Å². The van der Waals surface area contributed by atoms with Gasteiger partial charge in [-0.2, -0.15) is 0 Å². The van der Waals surface area contributed by atoms with Crippen molar-refractivity contribution in [2.45, 2.75) is 79.9 Å². The van der Waals surface area contributed by atoms with Gasteiger partial charge in [0.25, 0.3) is 0 Å². The number of benzene rings is 2. The number of aromatic hydroxyl groups is 2. The Balaban J connectivity index is 1.09. The number of carbonyl (C=O) groups is 3. The van der Waals surface area contributed by atoms with Crippen molar-refractivity contribution < 1.29 is 48.3 Å². The highest BCUT2D eigenvalue weighted by Crippen LogP contribution is 2.52. The molecule has 8 rings (SSSR count). The van der Waals surface area contributed by atoms with Crippen LogP contribution in [-0.2, 0) is 34.9 Å². The fraction of sp³-hybridized carbons (Fsp3) is 0.474. The van der Waals surface area contributed by atoms with E-state index in [2.05, 4.69) is 15.2 Å². The zero-order chi connectivity index (χ0) is 37.9. The highest BCUT2D eigenvalue weighted by atomic mass is 33.1. The topological polar surface area (TPSA) is 192 Å². The number of nitrogens with one attached hydrogen (secondary N) is 1. The average molecular weight is 779 g/mol. The van der Waals surface area contributed by atoms with Crippen molar-refractivity contribution in [1.82, 2.24) is 15.2 Å². The lowest BCUT2D eigenvalue weighted by Crippen LogP contribution is -2.53. The molecule has 5 N–H and O–H groups in total. The second-order valence-corrected chi connectivity index (χ2v) is 17.5. The van der Waals surface area contributed by atoms with Crippen LogP contribution in [0.5, 0.6) is 11.5 Å². The monoisotopic (exact) mass is 778 g/mol. The predicted molar refractivity (Wildman–Crippen MR) is 198 cm³/mol. The summed E-state index contributed by atoms with van der Waals surface area (Å²) >= 11 is 0. The van der Waals surface area contributed by atoms with Crippen molar-refractivity contribution in [3.05, 3.63) is 76.0 Å². The number of ether oxygens (including phenoxy) is 5. The Morgan fingerprint density at radius 3 is 2.67 bits per heavy atom. The zero-order valence-corrected chi connectivity index (χ0v) is 31.6. The number of ketones is 2. The van der Waals surface area contributed by atoms with Gasteiger partial charge < -0.3 is 44.9 Å². The number of pyridine rings is 1. The summed E-state index contributed by atoms with van der Waals surface area (Å²) in [6.07, 6.45) is -0.741. The number of hydrogen-bond acceptors (Lipinski definition) is 15. The van der Waals surface area contributed by atoms with Crippen LogP contribution in [0.3, 0.4) is 0 Å². The maximum atomic E-state index is 14.0. The number of fused-ring (bicyclic) bond motifs is 6. The van der Waals surface area contributed by atoms with Gasteiger partial charge in [-0.05, 0) is 55.7 Å². The van der Waals surface area contributed by atoms with E-state index in [0.29, 0.717) is 26.1 Å². The van der Waals surface area contributed by atoms with E-state index in [0.717, 1.165) is 5.03 Å². The van der Waals surface area contributed by atoms with Crippen LogP contribution in [-0.4, -0.2) is 107 Å². The third-order valence-corrected chi connectivity index (χ3v) is 13.9. The molecule has 7 atom stereocenters. The standard InChI is InChI=1S/C38H42N4O10S2/c1-38(2,54-53-25-9-4-5-10-40-25)17-41-35(47)18-13-20-28(34(46)30-29(32(20)44)31(43)19-7-6-8-21(39)27(19)33(30)45)23(14-18)51-26-15-22-24(16-50-26)52-36-37(48-3)49-12-11-42(22)36/h4-10,18,22-24,26,36-37,44,46H,11-17,39H2,1-3H3,(H,41,47)/t18-,22+,23+,24-,26+,36-,37+/m1/s1. The molecule has 3 aliphatic heterocycles. The molecule has 2 aromatic carbocycles. The van der Waals surface area contributed by atoms with Gasteiger partial charge in [0.2, 0.25) is 5.91 Å². The SMILES string of the molecule is CO[C@H]1OCCN2[C@@H]1O[C@@H]1CO[C@@H](O[C@H]3C[C@H](C(=O)NCC(C)(C)SSc4ccccn4)Cc4c(O)c5c(c(O)c43)C(=O)c3c(N)cccc3C5=O)C[C@@H]12. The van der Waals surface area contributed by atoms with Crippen LogP contribution in [0, 0.1) is 5.92 Å². The Labute approximate surface area is 319 Å². The third-order valence-electron chi connectivity index (χ3n) is 10.7. The number of anilines is 1. The molecule has 0 unspecified atom stereocenters. The fourth-order valence-corrected chi connectivity index (χ4v) is 10.2. The van der Waals surface area contributed by atoms with Crippen LogP contribution < -0.4 is 11.1 Å². The molecule has 3 aromatic rings. The summed E-state index contributed by atoms with van der Waals surface area (Å²) in [6.45, 7) is 5.69. The van der Waals surface area contributed by atoms with Crippen LogP contribution in [0.4, 0.5) is 5.69 Å². The lowest BCUT2D eigenvalue weighted by atomic mass is 9.74. The summed E-state index contributed by atoms with van der Waals surface area (Å²) in [5.74, 6) is -3.27. The molecule has 0 radical (unpaired) electrons. The average Bonchev–Trinajstić information content (AvgIpc) is 3.55. The molecule has 286 valence electrons. The largest absolute Gasteiger partial charge is 0.507 e. The van der Waals surface area contributed by atoms with Crippen molar-refractivity contribution >= 4 is 44.7 Å². The van der Waals surface area contributed by atoms with E-state index in [1.807, 2.05) is 32.0 Å². The van der Waals surface area contributed by atoms with E-state index >= 15 is 0 Å². The molecule has 4 heterocycles. The summed E-state index contributed by atoms with van der Waals surface area (Å²) in [6, 6.07) is 10.1. The second kappa shape index (κ2) is 14.7. The van der Waals surface area contributed by atoms with E-state index in [-0.39, 0.29) is 81.3 Å². The van der Waals surface area contributed by atoms with Crippen LogP contribution in [0.25, 0.3) is 0 Å². The molecule has 54 heavy (non-hydrogen) atoms. The zero-order valence-electron chi connectivity index (χ0n) is 30.0. The third kappa shape index (κ3) is 6.66. The molecule has 0 saturated carbocycles. The van der Waals surface area contributed by atoms with E-state index in [1.165, 1.54) is 22.9 Å². The van der Waals surface area contributed by atoms with Crippen molar-refractivity contribution in [2.75, 3.05) is 39.1 Å². The summed E-state index contributed by atoms with van der Waals surface area (Å²) in [5.41, 5.74) is 5.90. The Bertz CT molecular complexity index is 1980. The molecule has 0 spiro atoms. The summed E-state index contributed by atoms with van der Waals surface area (Å²) in [4.78, 5) is 48.4. The van der Waals surface area contributed by atoms with Gasteiger partial charge in [0, 0.05) is 71.9 Å². The van der Waals surface area contributed by atoms with Crippen LogP contribution in [0.2, 0.25) is 0 Å². The number of nitrogens with zero attached hydrogens (tertiary/aromatic N) is 2. The molecule has 1 aromatic heterocycles. The summed E-state index contributed by atoms with van der Waals surface area (Å²) in [7, 11) is 4.67. The number of carbonyl (C=O) groups excluding carboxylic acids is 3. The molecule has 2 aliphatic carbocycles. The normalized spacial score (nSPS) is 27.7. The molecule has 0 bridgehead atoms. The number of nitrogens with two attached hydrogens (primary N) is 1. The first-order chi connectivity index (χ1) is 26.0. The lowest BCUT2D eigenvalue weighted by Gasteiger charge is -2.40. The number of morpholine rings is 1. The van der Waals surface area contributed by atoms with Gasteiger partial charge in [0.15, 0.2) is 30.4 Å². The first-order valence-corrected chi connectivity index (χ1v) is 20.1. The number of aromatic nitrogens is 1. The second-order valence-electron chi connectivity index (χ2n) is 14.7. The van der Waals surface area contributed by atoms with Gasteiger partial charge in [0.1, 0.15) is 16.5 Å². The lowest BCUT2D eigenvalue weighted by molar-refractivity contribution is -0.245. The number of phenolic OH excluding ortho intramolecular Hbond substituents is 2. The van der Waals surface area contributed by atoms with E-state index in [9.17, 15) is 24.6 Å². The molecular formula is C38H42N4O10S2. The molecule has 16 heteroatoms. The van der Waals surface area contributed by atoms with E-state index in [4.69, 9.17) is 29.4 Å². The predicted octanol–water partition coefficient (Wildman–Crippen LogP) is 3.95. The maximum Gasteiger partial charge on any atom is 0.223 e. The highest BCUT2D eigenvalue weighted by Gasteiger charge is 2.52. The van der Waals surface area contributed by atoms with Crippen molar-refractivity contribution in [3.8, 4) is 11.5 Å². The Hall–Kier alpha value is -3.74. The van der Waals surface area contributed by atoms with Gasteiger partial charge in [-0.1, -0.05) is 29.0 Å². The van der Waals surface area contributed by atoms with Crippen LogP contribution in [0.1, 0.15) is 75.8 Å². The minimum atomic E-state index is -0.990. The number of phenols is 2. The number of methoxy groups -OCH3 is 1. The summed E-state index contributed by atoms with van der Waals surface area (Å²) in [5, 5.41) is 27.7. The Morgan fingerprint density at radius 1 is 1.07 bits per heavy atom. The van der Waals surface area contributed by atoms with E-state index < -0.39 is 53.9 Å². The molecule has 5 aliphatic rings. The Morgan fingerprint density at radius 2 is 1.89 bits per heavy atom. The molecular weight excluding hydrogens is 737 g/mol. The first kappa shape index (κ1) is 37.2. The van der Waals surface area contributed by atoms with Crippen molar-refractivity contribution in [3.63, 3.8) is 0 Å². The van der Waals surface area contributed by atoms with Gasteiger partial charge in [0.05, 0.1) is 42.1 Å². The fourth-order valence-electron chi connectivity index (χ4n) is 8.10. The number of rotatable bonds is 9. The molecule has 3 fully saturated rings. The minimum Gasteiger partial charge on any atom is -0.507 e. The Kier molecular flexibility index (Phi) is 10.1. The quantitative estimate of drug-likeness (QED) is 0.108. The van der Waals surface area contributed by atoms with Gasteiger partial charge in [-0.25, -0.2) is 4.98 Å². The minimum absolute atomic E-state index is 0.00681. The van der Waals surface area contributed by atoms with Crippen molar-refractivity contribution in [1.29, 1.82) is 0 Å². The van der Waals surface area contributed by atoms with Gasteiger partial charge in [-0.3, -0.25) is 19.3 Å². The smallest absolute Gasteiger partial charge is 0.223 e. The molecule has 3 saturated heterocycles. The number of hydrogen-bond donors (Lipinski definition) is 4. The highest BCUT2D eigenvalue weighted by molar-refractivity contribution is 8.77. The molecule has 14 nitrogen and oxygen atoms in total. The number of nitrogen functional groups attached to an aromatic ring is 1. The van der Waals surface area contributed by atoms with Crippen LogP contribution in [0.15, 0.2) is 47.6 Å². The van der Waals surface area contributed by atoms with Crippen LogP contribution >= 0.6 is 21.6 Å². The van der Waals surface area contributed by atoms with Gasteiger partial charge >= 0.3 is 0 Å².